The van der Waals surface area contributed by atoms with Crippen LogP contribution in [-0.4, -0.2) is 25.1 Å². The van der Waals surface area contributed by atoms with Gasteiger partial charge in [-0.05, 0) is 54.3 Å². The highest BCUT2D eigenvalue weighted by Crippen LogP contribution is 2.20. The maximum atomic E-state index is 12.8. The second-order valence-corrected chi connectivity index (χ2v) is 5.88. The van der Waals surface area contributed by atoms with Crippen molar-refractivity contribution in [2.45, 2.75) is 26.2 Å². The Labute approximate surface area is 152 Å². The summed E-state index contributed by atoms with van der Waals surface area (Å²) in [5.41, 5.74) is 1.84. The van der Waals surface area contributed by atoms with Crippen molar-refractivity contribution in [1.82, 2.24) is 0 Å². The average molecular weight is 359 g/mol. The number of hydrogen-bond donors (Lipinski definition) is 1. The molecule has 0 radical (unpaired) electrons. The highest BCUT2D eigenvalue weighted by Gasteiger charge is 2.09. The lowest BCUT2D eigenvalue weighted by Gasteiger charge is -2.11. The first-order valence-corrected chi connectivity index (χ1v) is 8.41. The molecule has 0 fully saturated rings. The molecule has 0 heterocycles. The molecule has 0 spiro atoms. The highest BCUT2D eigenvalue weighted by atomic mass is 19.1. The van der Waals surface area contributed by atoms with Crippen LogP contribution in [0.1, 0.15) is 31.7 Å². The zero-order chi connectivity index (χ0) is 18.9. The van der Waals surface area contributed by atoms with Gasteiger partial charge in [0.2, 0.25) is 0 Å². The van der Waals surface area contributed by atoms with Crippen molar-refractivity contribution in [1.29, 1.82) is 0 Å². The summed E-state index contributed by atoms with van der Waals surface area (Å²) in [7, 11) is 0. The van der Waals surface area contributed by atoms with E-state index < -0.39 is 24.3 Å². The number of nitrogens with one attached hydrogen (secondary N) is 1. The van der Waals surface area contributed by atoms with E-state index in [2.05, 4.69) is 19.2 Å². The SMILES string of the molecule is CC[C@@H](C)c1ccc(NC(=O)COC(=O)COc2ccc(F)cc2)cc1. The molecule has 0 saturated heterocycles. The molecule has 0 bridgehead atoms. The number of halogens is 1. The molecule has 2 aromatic carbocycles. The highest BCUT2D eigenvalue weighted by molar-refractivity contribution is 5.92. The molecule has 0 aromatic heterocycles. The van der Waals surface area contributed by atoms with E-state index in [0.717, 1.165) is 6.42 Å². The minimum atomic E-state index is -0.684. The van der Waals surface area contributed by atoms with Crippen LogP contribution >= 0.6 is 0 Å². The number of carbonyl (C=O) groups is 2. The fourth-order valence-electron chi connectivity index (χ4n) is 2.19. The monoisotopic (exact) mass is 359 g/mol. The Morgan fingerprint density at radius 1 is 1.04 bits per heavy atom. The van der Waals surface area contributed by atoms with Gasteiger partial charge in [-0.25, -0.2) is 9.18 Å². The summed E-state index contributed by atoms with van der Waals surface area (Å²) in [4.78, 5) is 23.4. The molecule has 26 heavy (non-hydrogen) atoms. The van der Waals surface area contributed by atoms with Gasteiger partial charge < -0.3 is 14.8 Å². The Morgan fingerprint density at radius 2 is 1.69 bits per heavy atom. The van der Waals surface area contributed by atoms with Crippen LogP contribution in [0, 0.1) is 5.82 Å². The molecular formula is C20H22FNO4. The fraction of sp³-hybridized carbons (Fsp3) is 0.300. The van der Waals surface area contributed by atoms with Crippen LogP contribution in [0.2, 0.25) is 0 Å². The van der Waals surface area contributed by atoms with E-state index in [1.54, 1.807) is 0 Å². The summed E-state index contributed by atoms with van der Waals surface area (Å²) >= 11 is 0. The van der Waals surface area contributed by atoms with Crippen LogP contribution < -0.4 is 10.1 Å². The van der Waals surface area contributed by atoms with Crippen LogP contribution in [0.3, 0.4) is 0 Å². The van der Waals surface area contributed by atoms with Gasteiger partial charge in [-0.3, -0.25) is 4.79 Å². The largest absolute Gasteiger partial charge is 0.482 e. The summed E-state index contributed by atoms with van der Waals surface area (Å²) in [6.07, 6.45) is 1.04. The van der Waals surface area contributed by atoms with Gasteiger partial charge in [-0.15, -0.1) is 0 Å². The lowest BCUT2D eigenvalue weighted by atomic mass is 9.99. The normalized spacial score (nSPS) is 11.5. The van der Waals surface area contributed by atoms with E-state index in [1.807, 2.05) is 24.3 Å². The van der Waals surface area contributed by atoms with Crippen molar-refractivity contribution in [2.75, 3.05) is 18.5 Å². The first-order chi connectivity index (χ1) is 12.5. The molecular weight excluding hydrogens is 337 g/mol. The Bertz CT molecular complexity index is 728. The molecule has 0 aliphatic rings. The Balaban J connectivity index is 1.72. The molecule has 0 aliphatic carbocycles. The van der Waals surface area contributed by atoms with E-state index in [9.17, 15) is 14.0 Å². The van der Waals surface area contributed by atoms with E-state index in [-0.39, 0.29) is 6.61 Å². The maximum absolute atomic E-state index is 12.8. The van der Waals surface area contributed by atoms with E-state index in [0.29, 0.717) is 17.4 Å². The first kappa shape index (κ1) is 19.4. The third kappa shape index (κ3) is 6.20. The van der Waals surface area contributed by atoms with E-state index in [1.165, 1.54) is 29.8 Å². The molecule has 0 saturated carbocycles. The zero-order valence-corrected chi connectivity index (χ0v) is 14.8. The zero-order valence-electron chi connectivity index (χ0n) is 14.8. The summed E-state index contributed by atoms with van der Waals surface area (Å²) < 4.78 is 22.8. The Hall–Kier alpha value is -2.89. The number of esters is 1. The van der Waals surface area contributed by atoms with Gasteiger partial charge in [-0.1, -0.05) is 26.0 Å². The number of carbonyl (C=O) groups excluding carboxylic acids is 2. The summed E-state index contributed by atoms with van der Waals surface area (Å²) in [6, 6.07) is 12.8. The Morgan fingerprint density at radius 3 is 2.31 bits per heavy atom. The molecule has 2 rings (SSSR count). The Kier molecular flexibility index (Phi) is 7.14. The second kappa shape index (κ2) is 9.56. The third-order valence-corrected chi connectivity index (χ3v) is 3.91. The molecule has 5 nitrogen and oxygen atoms in total. The van der Waals surface area contributed by atoms with Crippen LogP contribution in [0.25, 0.3) is 0 Å². The average Bonchev–Trinajstić information content (AvgIpc) is 2.66. The van der Waals surface area contributed by atoms with Gasteiger partial charge in [0, 0.05) is 5.69 Å². The molecule has 0 aliphatic heterocycles. The number of hydrogen-bond acceptors (Lipinski definition) is 4. The van der Waals surface area contributed by atoms with Gasteiger partial charge in [0.05, 0.1) is 0 Å². The predicted octanol–water partition coefficient (Wildman–Crippen LogP) is 3.90. The molecule has 1 amide bonds. The van der Waals surface area contributed by atoms with Gasteiger partial charge in [-0.2, -0.15) is 0 Å². The number of rotatable bonds is 8. The minimum absolute atomic E-state index is 0.342. The third-order valence-electron chi connectivity index (χ3n) is 3.91. The van der Waals surface area contributed by atoms with Crippen molar-refractivity contribution >= 4 is 17.6 Å². The van der Waals surface area contributed by atoms with Crippen LogP contribution in [0.15, 0.2) is 48.5 Å². The fourth-order valence-corrected chi connectivity index (χ4v) is 2.19. The molecule has 1 N–H and O–H groups in total. The molecule has 1 atom stereocenters. The second-order valence-electron chi connectivity index (χ2n) is 5.88. The number of amides is 1. The summed E-state index contributed by atoms with van der Waals surface area (Å²) in [5.74, 6) is -0.710. The smallest absolute Gasteiger partial charge is 0.344 e. The molecule has 2 aromatic rings. The quantitative estimate of drug-likeness (QED) is 0.726. The topological polar surface area (TPSA) is 64.6 Å². The van der Waals surface area contributed by atoms with Gasteiger partial charge in [0.1, 0.15) is 11.6 Å². The molecule has 0 unspecified atom stereocenters. The van der Waals surface area contributed by atoms with Crippen molar-refractivity contribution in [3.8, 4) is 5.75 Å². The molecule has 138 valence electrons. The van der Waals surface area contributed by atoms with Gasteiger partial charge >= 0.3 is 5.97 Å². The van der Waals surface area contributed by atoms with Crippen molar-refractivity contribution < 1.29 is 23.5 Å². The maximum Gasteiger partial charge on any atom is 0.344 e. The summed E-state index contributed by atoms with van der Waals surface area (Å²) in [6.45, 7) is 3.50. The lowest BCUT2D eigenvalue weighted by Crippen LogP contribution is -2.23. The lowest BCUT2D eigenvalue weighted by molar-refractivity contribution is -0.149. The van der Waals surface area contributed by atoms with Gasteiger partial charge in [0.15, 0.2) is 13.2 Å². The van der Waals surface area contributed by atoms with E-state index in [4.69, 9.17) is 9.47 Å². The van der Waals surface area contributed by atoms with Crippen molar-refractivity contribution in [3.63, 3.8) is 0 Å². The van der Waals surface area contributed by atoms with Crippen LogP contribution in [0.4, 0.5) is 10.1 Å². The minimum Gasteiger partial charge on any atom is -0.482 e. The van der Waals surface area contributed by atoms with Crippen molar-refractivity contribution in [2.24, 2.45) is 0 Å². The standard InChI is InChI=1S/C20H22FNO4/c1-3-14(2)15-4-8-17(9-5-15)22-19(23)12-26-20(24)13-25-18-10-6-16(21)7-11-18/h4-11,14H,3,12-13H2,1-2H3,(H,22,23)/t14-/m1/s1. The van der Waals surface area contributed by atoms with Gasteiger partial charge in [0.25, 0.3) is 5.91 Å². The number of benzene rings is 2. The summed E-state index contributed by atoms with van der Waals surface area (Å²) in [5, 5.41) is 2.66. The predicted molar refractivity (Wildman–Crippen MR) is 96.6 cm³/mol. The number of anilines is 1. The number of ether oxygens (including phenoxy) is 2. The van der Waals surface area contributed by atoms with Crippen LogP contribution in [0.5, 0.6) is 5.75 Å². The van der Waals surface area contributed by atoms with Crippen molar-refractivity contribution in [3.05, 3.63) is 59.9 Å². The molecule has 6 heteroatoms. The van der Waals surface area contributed by atoms with E-state index >= 15 is 0 Å². The first-order valence-electron chi connectivity index (χ1n) is 8.41. The van der Waals surface area contributed by atoms with Crippen LogP contribution in [-0.2, 0) is 14.3 Å².